The minimum absolute atomic E-state index is 0.233. The molecule has 2 aromatic carbocycles. The third-order valence-electron chi connectivity index (χ3n) is 4.20. The molecular formula is C22H23NO5. The zero-order chi connectivity index (χ0) is 19.9. The summed E-state index contributed by atoms with van der Waals surface area (Å²) in [6.07, 6.45) is 3.80. The lowest BCUT2D eigenvalue weighted by molar-refractivity contribution is -0.129. The third-order valence-corrected chi connectivity index (χ3v) is 4.20. The van der Waals surface area contributed by atoms with Gasteiger partial charge in [0.15, 0.2) is 17.2 Å². The molecular weight excluding hydrogens is 358 g/mol. The highest BCUT2D eigenvalue weighted by atomic mass is 16.6. The van der Waals surface area contributed by atoms with Crippen LogP contribution < -0.4 is 14.2 Å². The second-order valence-corrected chi connectivity index (χ2v) is 6.18. The molecule has 0 atom stereocenters. The van der Waals surface area contributed by atoms with Gasteiger partial charge in [-0.2, -0.15) is 0 Å². The van der Waals surface area contributed by atoms with Crippen molar-refractivity contribution in [3.8, 4) is 17.2 Å². The molecule has 6 heteroatoms. The number of unbranched alkanes of at least 4 members (excludes halogenated alkanes) is 1. The highest BCUT2D eigenvalue weighted by Gasteiger charge is 2.25. The summed E-state index contributed by atoms with van der Waals surface area (Å²) in [4.78, 5) is 16.5. The molecule has 0 aliphatic carbocycles. The number of methoxy groups -OCH3 is 2. The summed E-state index contributed by atoms with van der Waals surface area (Å²) in [7, 11) is 3.11. The summed E-state index contributed by atoms with van der Waals surface area (Å²) in [5.74, 6) is 1.67. The minimum Gasteiger partial charge on any atom is -0.494 e. The van der Waals surface area contributed by atoms with Gasteiger partial charge in [0.25, 0.3) is 0 Å². The summed E-state index contributed by atoms with van der Waals surface area (Å²) < 4.78 is 21.5. The van der Waals surface area contributed by atoms with Crippen molar-refractivity contribution in [2.24, 2.45) is 4.99 Å². The van der Waals surface area contributed by atoms with Gasteiger partial charge in [-0.1, -0.05) is 25.5 Å². The third kappa shape index (κ3) is 4.52. The average Bonchev–Trinajstić information content (AvgIpc) is 3.09. The molecule has 0 saturated heterocycles. The van der Waals surface area contributed by atoms with E-state index in [4.69, 9.17) is 18.9 Å². The first-order chi connectivity index (χ1) is 13.6. The maximum atomic E-state index is 12.2. The van der Waals surface area contributed by atoms with Crippen LogP contribution in [0.15, 0.2) is 53.2 Å². The maximum Gasteiger partial charge on any atom is 0.363 e. The molecule has 0 bridgehead atoms. The lowest BCUT2D eigenvalue weighted by Crippen LogP contribution is -2.06. The van der Waals surface area contributed by atoms with Crippen molar-refractivity contribution in [3.63, 3.8) is 0 Å². The number of ether oxygens (including phenoxy) is 4. The predicted octanol–water partition coefficient (Wildman–Crippen LogP) is 4.23. The summed E-state index contributed by atoms with van der Waals surface area (Å²) in [5.41, 5.74) is 1.71. The molecule has 1 heterocycles. The molecule has 0 aromatic heterocycles. The van der Waals surface area contributed by atoms with Gasteiger partial charge in [-0.05, 0) is 48.4 Å². The Kier molecular flexibility index (Phi) is 6.32. The zero-order valence-corrected chi connectivity index (χ0v) is 16.2. The summed E-state index contributed by atoms with van der Waals surface area (Å²) in [5, 5.41) is 0. The van der Waals surface area contributed by atoms with Gasteiger partial charge >= 0.3 is 5.97 Å². The predicted molar refractivity (Wildman–Crippen MR) is 107 cm³/mol. The standard InChI is InChI=1S/C22H23NO5/c1-4-5-12-27-17-9-6-15(7-10-17)13-18-22(24)28-21(23-18)16-8-11-19(25-2)20(14-16)26-3/h6-11,13-14H,4-5,12H2,1-3H3. The molecule has 3 rings (SSSR count). The SMILES string of the molecule is CCCCOc1ccc(C=C2N=C(c3ccc(OC)c(OC)c3)OC2=O)cc1. The number of esters is 1. The fraction of sp³-hybridized carbons (Fsp3) is 0.273. The number of carbonyl (C=O) groups excluding carboxylic acids is 1. The van der Waals surface area contributed by atoms with Crippen molar-refractivity contribution in [3.05, 3.63) is 59.3 Å². The molecule has 1 aliphatic heterocycles. The van der Waals surface area contributed by atoms with E-state index >= 15 is 0 Å². The fourth-order valence-electron chi connectivity index (χ4n) is 2.65. The van der Waals surface area contributed by atoms with E-state index in [0.717, 1.165) is 24.2 Å². The Morgan fingerprint density at radius 3 is 2.46 bits per heavy atom. The zero-order valence-electron chi connectivity index (χ0n) is 16.2. The molecule has 0 radical (unpaired) electrons. The largest absolute Gasteiger partial charge is 0.494 e. The molecule has 28 heavy (non-hydrogen) atoms. The van der Waals surface area contributed by atoms with Crippen molar-refractivity contribution >= 4 is 17.9 Å². The van der Waals surface area contributed by atoms with Crippen LogP contribution in [0.2, 0.25) is 0 Å². The van der Waals surface area contributed by atoms with Crippen LogP contribution in [0.1, 0.15) is 30.9 Å². The summed E-state index contributed by atoms with van der Waals surface area (Å²) in [6, 6.07) is 12.7. The highest BCUT2D eigenvalue weighted by molar-refractivity contribution is 6.13. The average molecular weight is 381 g/mol. The van der Waals surface area contributed by atoms with E-state index < -0.39 is 5.97 Å². The number of rotatable bonds is 8. The molecule has 0 saturated carbocycles. The number of nitrogens with zero attached hydrogens (tertiary/aromatic N) is 1. The molecule has 1 aliphatic rings. The van der Waals surface area contributed by atoms with Gasteiger partial charge in [-0.3, -0.25) is 0 Å². The normalized spacial score (nSPS) is 14.6. The molecule has 146 valence electrons. The van der Waals surface area contributed by atoms with Crippen LogP contribution in [0, 0.1) is 0 Å². The monoisotopic (exact) mass is 381 g/mol. The highest BCUT2D eigenvalue weighted by Crippen LogP contribution is 2.29. The van der Waals surface area contributed by atoms with Crippen molar-refractivity contribution in [1.29, 1.82) is 0 Å². The van der Waals surface area contributed by atoms with Gasteiger partial charge in [0, 0.05) is 5.56 Å². The second-order valence-electron chi connectivity index (χ2n) is 6.18. The maximum absolute atomic E-state index is 12.2. The Morgan fingerprint density at radius 1 is 1.04 bits per heavy atom. The first-order valence-electron chi connectivity index (χ1n) is 9.12. The Balaban J connectivity index is 1.78. The van der Waals surface area contributed by atoms with Crippen molar-refractivity contribution < 1.29 is 23.7 Å². The van der Waals surface area contributed by atoms with Gasteiger partial charge in [-0.25, -0.2) is 9.79 Å². The topological polar surface area (TPSA) is 66.3 Å². The first-order valence-corrected chi connectivity index (χ1v) is 9.12. The van der Waals surface area contributed by atoms with Crippen molar-refractivity contribution in [2.45, 2.75) is 19.8 Å². The number of benzene rings is 2. The molecule has 6 nitrogen and oxygen atoms in total. The van der Waals surface area contributed by atoms with Crippen LogP contribution >= 0.6 is 0 Å². The lowest BCUT2D eigenvalue weighted by Gasteiger charge is -2.08. The van der Waals surface area contributed by atoms with E-state index in [1.165, 1.54) is 0 Å². The van der Waals surface area contributed by atoms with E-state index in [2.05, 4.69) is 11.9 Å². The van der Waals surface area contributed by atoms with Crippen LogP contribution in [0.25, 0.3) is 6.08 Å². The summed E-state index contributed by atoms with van der Waals surface area (Å²) >= 11 is 0. The van der Waals surface area contributed by atoms with Gasteiger partial charge in [0.05, 0.1) is 20.8 Å². The molecule has 0 amide bonds. The number of hydrogen-bond donors (Lipinski definition) is 0. The molecule has 2 aromatic rings. The number of cyclic esters (lactones) is 1. The van der Waals surface area contributed by atoms with Crippen molar-refractivity contribution in [1.82, 2.24) is 0 Å². The Morgan fingerprint density at radius 2 is 1.79 bits per heavy atom. The molecule has 0 unspecified atom stereocenters. The fourth-order valence-corrected chi connectivity index (χ4v) is 2.65. The number of hydrogen-bond acceptors (Lipinski definition) is 6. The minimum atomic E-state index is -0.493. The van der Waals surface area contributed by atoms with Crippen LogP contribution in [-0.4, -0.2) is 32.7 Å². The van der Waals surface area contributed by atoms with Crippen molar-refractivity contribution in [2.75, 3.05) is 20.8 Å². The smallest absolute Gasteiger partial charge is 0.363 e. The van der Waals surface area contributed by atoms with Crippen LogP contribution in [0.4, 0.5) is 0 Å². The Hall–Kier alpha value is -3.28. The van der Waals surface area contributed by atoms with Gasteiger partial charge in [-0.15, -0.1) is 0 Å². The second kappa shape index (κ2) is 9.08. The quantitative estimate of drug-likeness (QED) is 0.389. The van der Waals surface area contributed by atoms with Crippen LogP contribution in [0.5, 0.6) is 17.2 Å². The van der Waals surface area contributed by atoms with Gasteiger partial charge in [0.2, 0.25) is 5.90 Å². The van der Waals surface area contributed by atoms with E-state index in [1.807, 2.05) is 24.3 Å². The molecule has 0 fully saturated rings. The summed E-state index contributed by atoms with van der Waals surface area (Å²) in [6.45, 7) is 2.82. The van der Waals surface area contributed by atoms with E-state index in [9.17, 15) is 4.79 Å². The molecule has 0 spiro atoms. The van der Waals surface area contributed by atoms with Gasteiger partial charge in [0.1, 0.15) is 5.75 Å². The molecule has 0 N–H and O–H groups in total. The number of carbonyl (C=O) groups is 1. The Bertz CT molecular complexity index is 900. The van der Waals surface area contributed by atoms with E-state index in [1.54, 1.807) is 38.5 Å². The van der Waals surface area contributed by atoms with Crippen LogP contribution in [0.3, 0.4) is 0 Å². The van der Waals surface area contributed by atoms with E-state index in [-0.39, 0.29) is 11.6 Å². The Labute approximate surface area is 164 Å². The lowest BCUT2D eigenvalue weighted by atomic mass is 10.2. The number of aliphatic imine (C=N–C) groups is 1. The van der Waals surface area contributed by atoms with Crippen LogP contribution in [-0.2, 0) is 9.53 Å². The first kappa shape index (κ1) is 19.5. The van der Waals surface area contributed by atoms with Gasteiger partial charge < -0.3 is 18.9 Å². The van der Waals surface area contributed by atoms with E-state index in [0.29, 0.717) is 23.7 Å².